The highest BCUT2D eigenvalue weighted by molar-refractivity contribution is 5.85. The number of likely N-dealkylation sites (tertiary alicyclic amines) is 1. The first-order chi connectivity index (χ1) is 4.74. The van der Waals surface area contributed by atoms with Crippen LogP contribution < -0.4 is 5.73 Å². The maximum atomic E-state index is 5.73. The molecule has 0 aromatic rings. The summed E-state index contributed by atoms with van der Waals surface area (Å²) in [7, 11) is 0. The SMILES string of the molecule is CCN1CC2(CC(N)C2)C1.Cl. The lowest BCUT2D eigenvalue weighted by Crippen LogP contribution is -2.65. The lowest BCUT2D eigenvalue weighted by molar-refractivity contribution is -0.0677. The number of halogens is 1. The lowest BCUT2D eigenvalue weighted by Gasteiger charge is -2.58. The molecule has 3 heteroatoms. The fraction of sp³-hybridized carbons (Fsp3) is 1.00. The third kappa shape index (κ3) is 1.40. The third-order valence-electron chi connectivity index (χ3n) is 2.96. The Morgan fingerprint density at radius 2 is 2.00 bits per heavy atom. The van der Waals surface area contributed by atoms with E-state index >= 15 is 0 Å². The van der Waals surface area contributed by atoms with Crippen LogP contribution in [0.1, 0.15) is 19.8 Å². The lowest BCUT2D eigenvalue weighted by atomic mass is 9.61. The smallest absolute Gasteiger partial charge is 0.00515 e. The molecule has 0 radical (unpaired) electrons. The summed E-state index contributed by atoms with van der Waals surface area (Å²) >= 11 is 0. The third-order valence-corrected chi connectivity index (χ3v) is 2.96. The van der Waals surface area contributed by atoms with Gasteiger partial charge in [0.2, 0.25) is 0 Å². The Morgan fingerprint density at radius 1 is 1.45 bits per heavy atom. The van der Waals surface area contributed by atoms with Gasteiger partial charge in [0.05, 0.1) is 0 Å². The van der Waals surface area contributed by atoms with Crippen molar-refractivity contribution < 1.29 is 0 Å². The second-order valence-corrected chi connectivity index (χ2v) is 3.97. The largest absolute Gasteiger partial charge is 0.328 e. The standard InChI is InChI=1S/C8H16N2.ClH/c1-2-10-5-8(6-10)3-7(9)4-8;/h7H,2-6,9H2,1H3;1H. The fourth-order valence-electron chi connectivity index (χ4n) is 2.44. The highest BCUT2D eigenvalue weighted by Gasteiger charge is 2.50. The van der Waals surface area contributed by atoms with E-state index in [4.69, 9.17) is 5.73 Å². The summed E-state index contributed by atoms with van der Waals surface area (Å²) in [6.07, 6.45) is 2.56. The van der Waals surface area contributed by atoms with Gasteiger partial charge in [-0.2, -0.15) is 0 Å². The number of hydrogen-bond donors (Lipinski definition) is 1. The molecule has 1 aliphatic heterocycles. The second kappa shape index (κ2) is 2.92. The average molecular weight is 177 g/mol. The quantitative estimate of drug-likeness (QED) is 0.642. The first kappa shape index (κ1) is 9.30. The van der Waals surface area contributed by atoms with E-state index in [1.165, 1.54) is 32.5 Å². The van der Waals surface area contributed by atoms with Crippen molar-refractivity contribution in [1.82, 2.24) is 4.90 Å². The predicted molar refractivity (Wildman–Crippen MR) is 49.0 cm³/mol. The Hall–Kier alpha value is 0.210. The molecule has 1 spiro atoms. The zero-order valence-electron chi connectivity index (χ0n) is 7.05. The Balaban J connectivity index is 0.000000605. The molecule has 1 saturated carbocycles. The average Bonchev–Trinajstić information content (AvgIpc) is 1.74. The molecule has 2 fully saturated rings. The van der Waals surface area contributed by atoms with Gasteiger partial charge in [0.25, 0.3) is 0 Å². The first-order valence-electron chi connectivity index (χ1n) is 4.22. The minimum atomic E-state index is 0. The van der Waals surface area contributed by atoms with E-state index in [1.807, 2.05) is 0 Å². The van der Waals surface area contributed by atoms with Crippen LogP contribution in [-0.4, -0.2) is 30.6 Å². The Bertz CT molecular complexity index is 135. The monoisotopic (exact) mass is 176 g/mol. The highest BCUT2D eigenvalue weighted by Crippen LogP contribution is 2.47. The molecule has 0 unspecified atom stereocenters. The van der Waals surface area contributed by atoms with Crippen LogP contribution in [-0.2, 0) is 0 Å². The summed E-state index contributed by atoms with van der Waals surface area (Å²) in [5.41, 5.74) is 6.42. The molecular weight excluding hydrogens is 160 g/mol. The van der Waals surface area contributed by atoms with Gasteiger partial charge < -0.3 is 10.6 Å². The number of hydrogen-bond acceptors (Lipinski definition) is 2. The first-order valence-corrected chi connectivity index (χ1v) is 4.22. The second-order valence-electron chi connectivity index (χ2n) is 3.97. The van der Waals surface area contributed by atoms with Crippen LogP contribution in [0.5, 0.6) is 0 Å². The van der Waals surface area contributed by atoms with E-state index < -0.39 is 0 Å². The molecule has 66 valence electrons. The van der Waals surface area contributed by atoms with E-state index in [0.29, 0.717) is 11.5 Å². The molecule has 0 aromatic carbocycles. The molecule has 2 N–H and O–H groups in total. The van der Waals surface area contributed by atoms with Crippen LogP contribution in [0.15, 0.2) is 0 Å². The van der Waals surface area contributed by atoms with Crippen LogP contribution in [0, 0.1) is 5.41 Å². The minimum absolute atomic E-state index is 0. The number of nitrogens with zero attached hydrogens (tertiary/aromatic N) is 1. The fourth-order valence-corrected chi connectivity index (χ4v) is 2.44. The maximum absolute atomic E-state index is 5.73. The zero-order chi connectivity index (χ0) is 7.19. The van der Waals surface area contributed by atoms with E-state index in [9.17, 15) is 0 Å². The van der Waals surface area contributed by atoms with Gasteiger partial charge in [-0.05, 0) is 24.8 Å². The number of nitrogens with two attached hydrogens (primary N) is 1. The summed E-state index contributed by atoms with van der Waals surface area (Å²) in [5, 5.41) is 0. The Morgan fingerprint density at radius 3 is 2.36 bits per heavy atom. The molecular formula is C8H17ClN2. The topological polar surface area (TPSA) is 29.3 Å². The summed E-state index contributed by atoms with van der Waals surface area (Å²) < 4.78 is 0. The van der Waals surface area contributed by atoms with Gasteiger partial charge in [-0.1, -0.05) is 6.92 Å². The van der Waals surface area contributed by atoms with Crippen molar-refractivity contribution in [3.8, 4) is 0 Å². The van der Waals surface area contributed by atoms with E-state index in [-0.39, 0.29) is 12.4 Å². The van der Waals surface area contributed by atoms with Crippen molar-refractivity contribution in [2.45, 2.75) is 25.8 Å². The van der Waals surface area contributed by atoms with Crippen LogP contribution in [0.25, 0.3) is 0 Å². The van der Waals surface area contributed by atoms with Gasteiger partial charge in [0.15, 0.2) is 0 Å². The Labute approximate surface area is 74.5 Å². The molecule has 1 heterocycles. The van der Waals surface area contributed by atoms with E-state index in [1.54, 1.807) is 0 Å². The summed E-state index contributed by atoms with van der Waals surface area (Å²) in [6, 6.07) is 0.527. The van der Waals surface area contributed by atoms with E-state index in [0.717, 1.165) is 0 Å². The van der Waals surface area contributed by atoms with E-state index in [2.05, 4.69) is 11.8 Å². The normalized spacial score (nSPS) is 28.9. The van der Waals surface area contributed by atoms with Crippen molar-refractivity contribution >= 4 is 12.4 Å². The molecule has 0 bridgehead atoms. The van der Waals surface area contributed by atoms with Gasteiger partial charge in [-0.15, -0.1) is 12.4 Å². The van der Waals surface area contributed by atoms with Crippen LogP contribution in [0.4, 0.5) is 0 Å². The molecule has 2 nitrogen and oxygen atoms in total. The highest BCUT2D eigenvalue weighted by atomic mass is 35.5. The summed E-state index contributed by atoms with van der Waals surface area (Å²) in [6.45, 7) is 6.08. The molecule has 2 aliphatic rings. The van der Waals surface area contributed by atoms with Crippen LogP contribution in [0.2, 0.25) is 0 Å². The van der Waals surface area contributed by atoms with Crippen molar-refractivity contribution in [3.05, 3.63) is 0 Å². The Kier molecular flexibility index (Phi) is 2.47. The molecule has 0 aromatic heterocycles. The minimum Gasteiger partial charge on any atom is -0.328 e. The van der Waals surface area contributed by atoms with Crippen LogP contribution in [0.3, 0.4) is 0 Å². The maximum Gasteiger partial charge on any atom is 0.00515 e. The van der Waals surface area contributed by atoms with Crippen molar-refractivity contribution in [1.29, 1.82) is 0 Å². The van der Waals surface area contributed by atoms with Crippen LogP contribution >= 0.6 is 12.4 Å². The van der Waals surface area contributed by atoms with Gasteiger partial charge in [0.1, 0.15) is 0 Å². The molecule has 0 atom stereocenters. The summed E-state index contributed by atoms with van der Waals surface area (Å²) in [5.74, 6) is 0. The van der Waals surface area contributed by atoms with Crippen molar-refractivity contribution in [3.63, 3.8) is 0 Å². The van der Waals surface area contributed by atoms with Gasteiger partial charge in [-0.3, -0.25) is 0 Å². The van der Waals surface area contributed by atoms with Crippen molar-refractivity contribution in [2.75, 3.05) is 19.6 Å². The molecule has 11 heavy (non-hydrogen) atoms. The molecule has 1 aliphatic carbocycles. The van der Waals surface area contributed by atoms with Gasteiger partial charge in [-0.25, -0.2) is 0 Å². The molecule has 1 saturated heterocycles. The van der Waals surface area contributed by atoms with Gasteiger partial charge >= 0.3 is 0 Å². The van der Waals surface area contributed by atoms with Crippen molar-refractivity contribution in [2.24, 2.45) is 11.1 Å². The van der Waals surface area contributed by atoms with Gasteiger partial charge in [0, 0.05) is 19.1 Å². The molecule has 2 rings (SSSR count). The predicted octanol–water partition coefficient (Wildman–Crippen LogP) is 0.851. The summed E-state index contributed by atoms with van der Waals surface area (Å²) in [4.78, 5) is 2.49. The number of rotatable bonds is 1. The zero-order valence-corrected chi connectivity index (χ0v) is 7.86. The molecule has 0 amide bonds.